The molecular weight excluding hydrogens is 264 g/mol. The number of carbonyl (C=O) groups excluding carboxylic acids is 2. The molecule has 1 N–H and O–H groups in total. The number of halogens is 1. The molecule has 0 saturated carbocycles. The standard InChI is InChI=1S/C14H17ClN2O2/c1-8(2)12-14(19)17(7-11(18)16-12)13-9(3)5-4-6-10(13)15/h4-6,8,12H,7H2,1-3H3,(H,16,18). The number of nitrogens with one attached hydrogen (secondary N) is 1. The van der Waals surface area contributed by atoms with Crippen molar-refractivity contribution in [2.45, 2.75) is 26.8 Å². The molecule has 1 fully saturated rings. The summed E-state index contributed by atoms with van der Waals surface area (Å²) in [5.74, 6) is -0.217. The Hall–Kier alpha value is -1.55. The highest BCUT2D eigenvalue weighted by molar-refractivity contribution is 6.34. The molecule has 1 heterocycles. The normalized spacial score (nSPS) is 19.8. The van der Waals surface area contributed by atoms with E-state index >= 15 is 0 Å². The molecule has 2 rings (SSSR count). The van der Waals surface area contributed by atoms with Gasteiger partial charge in [0.2, 0.25) is 11.8 Å². The largest absolute Gasteiger partial charge is 0.342 e. The number of rotatable bonds is 2. The number of para-hydroxylation sites is 1. The fraction of sp³-hybridized carbons (Fsp3) is 0.429. The predicted octanol–water partition coefficient (Wildman–Crippen LogP) is 2.14. The third-order valence-electron chi connectivity index (χ3n) is 3.28. The van der Waals surface area contributed by atoms with Crippen LogP contribution in [0.3, 0.4) is 0 Å². The van der Waals surface area contributed by atoms with E-state index < -0.39 is 6.04 Å². The van der Waals surface area contributed by atoms with E-state index in [4.69, 9.17) is 11.6 Å². The molecule has 4 nitrogen and oxygen atoms in total. The zero-order valence-electron chi connectivity index (χ0n) is 11.2. The van der Waals surface area contributed by atoms with Gasteiger partial charge in [-0.2, -0.15) is 0 Å². The Morgan fingerprint density at radius 2 is 2.05 bits per heavy atom. The molecule has 19 heavy (non-hydrogen) atoms. The Morgan fingerprint density at radius 1 is 1.37 bits per heavy atom. The Kier molecular flexibility index (Phi) is 3.80. The van der Waals surface area contributed by atoms with Gasteiger partial charge in [0.25, 0.3) is 0 Å². The summed E-state index contributed by atoms with van der Waals surface area (Å²) in [4.78, 5) is 25.7. The van der Waals surface area contributed by atoms with Crippen molar-refractivity contribution in [3.63, 3.8) is 0 Å². The van der Waals surface area contributed by atoms with Crippen molar-refractivity contribution in [2.24, 2.45) is 5.92 Å². The van der Waals surface area contributed by atoms with Gasteiger partial charge in [-0.15, -0.1) is 0 Å². The highest BCUT2D eigenvalue weighted by atomic mass is 35.5. The molecule has 1 saturated heterocycles. The van der Waals surface area contributed by atoms with Crippen LogP contribution in [-0.4, -0.2) is 24.4 Å². The van der Waals surface area contributed by atoms with Gasteiger partial charge in [-0.25, -0.2) is 0 Å². The number of piperazine rings is 1. The summed E-state index contributed by atoms with van der Waals surface area (Å²) in [5.41, 5.74) is 1.52. The van der Waals surface area contributed by atoms with Crippen molar-refractivity contribution in [1.29, 1.82) is 0 Å². The minimum absolute atomic E-state index is 0.0205. The van der Waals surface area contributed by atoms with E-state index in [2.05, 4.69) is 5.32 Å². The number of carbonyl (C=O) groups is 2. The SMILES string of the molecule is Cc1cccc(Cl)c1N1CC(=O)NC(C(C)C)C1=O. The summed E-state index contributed by atoms with van der Waals surface area (Å²) in [6.07, 6.45) is 0. The van der Waals surface area contributed by atoms with E-state index in [1.807, 2.05) is 32.9 Å². The number of anilines is 1. The van der Waals surface area contributed by atoms with Gasteiger partial charge in [0, 0.05) is 0 Å². The molecule has 102 valence electrons. The number of hydrogen-bond donors (Lipinski definition) is 1. The molecule has 1 atom stereocenters. The van der Waals surface area contributed by atoms with E-state index in [0.29, 0.717) is 10.7 Å². The van der Waals surface area contributed by atoms with Gasteiger partial charge in [0.05, 0.1) is 10.7 Å². The average Bonchev–Trinajstić information content (AvgIpc) is 2.32. The molecule has 0 aromatic heterocycles. The van der Waals surface area contributed by atoms with E-state index in [0.717, 1.165) is 5.56 Å². The van der Waals surface area contributed by atoms with Gasteiger partial charge in [-0.3, -0.25) is 14.5 Å². The van der Waals surface area contributed by atoms with Gasteiger partial charge in [0.15, 0.2) is 0 Å². The number of benzene rings is 1. The summed E-state index contributed by atoms with van der Waals surface area (Å²) >= 11 is 6.18. The van der Waals surface area contributed by atoms with Crippen LogP contribution in [0.15, 0.2) is 18.2 Å². The molecule has 1 unspecified atom stereocenters. The van der Waals surface area contributed by atoms with E-state index in [9.17, 15) is 9.59 Å². The Morgan fingerprint density at radius 3 is 2.63 bits per heavy atom. The van der Waals surface area contributed by atoms with Crippen LogP contribution in [0.4, 0.5) is 5.69 Å². The Bertz CT molecular complexity index is 508. The van der Waals surface area contributed by atoms with Crippen LogP contribution in [0.2, 0.25) is 5.02 Å². The summed E-state index contributed by atoms with van der Waals surface area (Å²) in [7, 11) is 0. The summed E-state index contributed by atoms with van der Waals surface area (Å²) in [6, 6.07) is 4.95. The zero-order chi connectivity index (χ0) is 14.2. The molecule has 0 radical (unpaired) electrons. The number of aryl methyl sites for hydroxylation is 1. The first-order valence-corrected chi connectivity index (χ1v) is 6.65. The fourth-order valence-corrected chi connectivity index (χ4v) is 2.60. The maximum absolute atomic E-state index is 12.5. The number of amides is 2. The van der Waals surface area contributed by atoms with E-state index in [1.54, 1.807) is 6.07 Å². The van der Waals surface area contributed by atoms with Crippen molar-refractivity contribution in [2.75, 3.05) is 11.4 Å². The van der Waals surface area contributed by atoms with Crippen molar-refractivity contribution in [3.05, 3.63) is 28.8 Å². The summed E-state index contributed by atoms with van der Waals surface area (Å²) in [5, 5.41) is 3.22. The molecular formula is C14H17ClN2O2. The van der Waals surface area contributed by atoms with E-state index in [1.165, 1.54) is 4.90 Å². The quantitative estimate of drug-likeness (QED) is 0.902. The third-order valence-corrected chi connectivity index (χ3v) is 3.58. The van der Waals surface area contributed by atoms with Crippen LogP contribution >= 0.6 is 11.6 Å². The van der Waals surface area contributed by atoms with Crippen molar-refractivity contribution < 1.29 is 9.59 Å². The van der Waals surface area contributed by atoms with Crippen LogP contribution < -0.4 is 10.2 Å². The lowest BCUT2D eigenvalue weighted by Gasteiger charge is -2.35. The van der Waals surface area contributed by atoms with Crippen LogP contribution in [0, 0.1) is 12.8 Å². The highest BCUT2D eigenvalue weighted by Crippen LogP contribution is 2.31. The molecule has 0 aliphatic carbocycles. The molecule has 1 aliphatic heterocycles. The monoisotopic (exact) mass is 280 g/mol. The molecule has 1 aliphatic rings. The average molecular weight is 281 g/mol. The van der Waals surface area contributed by atoms with Gasteiger partial charge in [-0.1, -0.05) is 37.6 Å². The fourth-order valence-electron chi connectivity index (χ4n) is 2.28. The molecule has 5 heteroatoms. The Balaban J connectivity index is 2.43. The molecule has 1 aromatic carbocycles. The second-order valence-electron chi connectivity index (χ2n) is 5.12. The van der Waals surface area contributed by atoms with Gasteiger partial charge < -0.3 is 5.32 Å². The number of hydrogen-bond acceptors (Lipinski definition) is 2. The highest BCUT2D eigenvalue weighted by Gasteiger charge is 2.36. The smallest absolute Gasteiger partial charge is 0.250 e. The first-order chi connectivity index (χ1) is 8.91. The van der Waals surface area contributed by atoms with Crippen LogP contribution in [0.1, 0.15) is 19.4 Å². The predicted molar refractivity (Wildman–Crippen MR) is 75.3 cm³/mol. The Labute approximate surface area is 117 Å². The summed E-state index contributed by atoms with van der Waals surface area (Å²) < 4.78 is 0. The maximum Gasteiger partial charge on any atom is 0.250 e. The van der Waals surface area contributed by atoms with Crippen molar-refractivity contribution in [3.8, 4) is 0 Å². The van der Waals surface area contributed by atoms with Crippen LogP contribution in [0.25, 0.3) is 0 Å². The lowest BCUT2D eigenvalue weighted by atomic mass is 9.99. The van der Waals surface area contributed by atoms with Gasteiger partial charge in [-0.05, 0) is 24.5 Å². The number of nitrogens with zero attached hydrogens (tertiary/aromatic N) is 1. The van der Waals surface area contributed by atoms with Crippen LogP contribution in [-0.2, 0) is 9.59 Å². The van der Waals surface area contributed by atoms with Crippen LogP contribution in [0.5, 0.6) is 0 Å². The van der Waals surface area contributed by atoms with E-state index in [-0.39, 0.29) is 24.3 Å². The minimum atomic E-state index is -0.489. The zero-order valence-corrected chi connectivity index (χ0v) is 12.0. The molecule has 2 amide bonds. The molecule has 1 aromatic rings. The molecule has 0 bridgehead atoms. The minimum Gasteiger partial charge on any atom is -0.342 e. The lowest BCUT2D eigenvalue weighted by Crippen LogP contribution is -2.60. The maximum atomic E-state index is 12.5. The van der Waals surface area contributed by atoms with Crippen molar-refractivity contribution >= 4 is 29.1 Å². The first-order valence-electron chi connectivity index (χ1n) is 6.27. The molecule has 0 spiro atoms. The second kappa shape index (κ2) is 5.21. The topological polar surface area (TPSA) is 49.4 Å². The third kappa shape index (κ3) is 2.59. The summed E-state index contributed by atoms with van der Waals surface area (Å²) in [6.45, 7) is 5.72. The lowest BCUT2D eigenvalue weighted by molar-refractivity contribution is -0.132. The van der Waals surface area contributed by atoms with Gasteiger partial charge in [0.1, 0.15) is 12.6 Å². The van der Waals surface area contributed by atoms with Gasteiger partial charge >= 0.3 is 0 Å². The first kappa shape index (κ1) is 13.9. The van der Waals surface area contributed by atoms with Crippen molar-refractivity contribution in [1.82, 2.24) is 5.32 Å². The second-order valence-corrected chi connectivity index (χ2v) is 5.53.